The lowest BCUT2D eigenvalue weighted by molar-refractivity contribution is -0.141. The zero-order chi connectivity index (χ0) is 16.0. The Kier molecular flexibility index (Phi) is 7.63. The molecule has 0 saturated carbocycles. The van der Waals surface area contributed by atoms with Gasteiger partial charge in [-0.25, -0.2) is 4.79 Å². The third-order valence-electron chi connectivity index (χ3n) is 2.55. The molecule has 0 aliphatic heterocycles. The fourth-order valence-electron chi connectivity index (χ4n) is 1.41. The summed E-state index contributed by atoms with van der Waals surface area (Å²) in [5, 5.41) is 11.8. The van der Waals surface area contributed by atoms with Gasteiger partial charge in [-0.15, -0.1) is 0 Å². The maximum absolute atomic E-state index is 11.8. The summed E-state index contributed by atoms with van der Waals surface area (Å²) < 4.78 is 0. The van der Waals surface area contributed by atoms with Crippen LogP contribution in [-0.2, 0) is 9.59 Å². The molecule has 0 aromatic rings. The van der Waals surface area contributed by atoms with Crippen molar-refractivity contribution in [3.8, 4) is 0 Å². The van der Waals surface area contributed by atoms with Crippen LogP contribution in [0.5, 0.6) is 0 Å². The Hall–Kier alpha value is -0.710. The van der Waals surface area contributed by atoms with E-state index >= 15 is 0 Å². The lowest BCUT2D eigenvalue weighted by Gasteiger charge is -2.21. The van der Waals surface area contributed by atoms with Crippen molar-refractivity contribution < 1.29 is 14.7 Å². The van der Waals surface area contributed by atoms with E-state index < -0.39 is 12.0 Å². The van der Waals surface area contributed by atoms with E-state index in [-0.39, 0.29) is 16.7 Å². The maximum atomic E-state index is 11.8. The Morgan fingerprint density at radius 3 is 2.05 bits per heavy atom. The Balaban J connectivity index is 4.21. The third kappa shape index (κ3) is 11.1. The van der Waals surface area contributed by atoms with Crippen LogP contribution in [0.4, 0.5) is 0 Å². The number of carbonyl (C=O) groups excluding carboxylic acids is 1. The molecule has 0 heterocycles. The molecule has 0 aromatic heterocycles. The second-order valence-corrected chi connectivity index (χ2v) is 8.63. The van der Waals surface area contributed by atoms with Crippen molar-refractivity contribution in [1.29, 1.82) is 0 Å². The van der Waals surface area contributed by atoms with Gasteiger partial charge in [0.25, 0.3) is 0 Å². The highest BCUT2D eigenvalue weighted by Gasteiger charge is 2.22. The standard InChI is InChI=1S/C15H29NO3S/c1-14(2,3)8-7-12(17)16-11(13(18)19)9-20-10-15(4,5)6/h11H,7-10H2,1-6H3,(H,16,17)(H,18,19)/t11-/m0/s1. The monoisotopic (exact) mass is 303 g/mol. The molecule has 0 aliphatic carbocycles. The van der Waals surface area contributed by atoms with Gasteiger partial charge in [0.15, 0.2) is 0 Å². The molecule has 0 fully saturated rings. The second kappa shape index (κ2) is 7.91. The average molecular weight is 303 g/mol. The number of hydrogen-bond donors (Lipinski definition) is 2. The Morgan fingerprint density at radius 1 is 1.10 bits per heavy atom. The molecule has 118 valence electrons. The molecule has 0 spiro atoms. The number of hydrogen-bond acceptors (Lipinski definition) is 3. The lowest BCUT2D eigenvalue weighted by atomic mass is 9.90. The number of aliphatic carboxylic acids is 1. The van der Waals surface area contributed by atoms with Crippen molar-refractivity contribution in [2.75, 3.05) is 11.5 Å². The summed E-state index contributed by atoms with van der Waals surface area (Å²) >= 11 is 1.57. The predicted molar refractivity (Wildman–Crippen MR) is 85.0 cm³/mol. The van der Waals surface area contributed by atoms with Crippen molar-refractivity contribution in [2.24, 2.45) is 10.8 Å². The SMILES string of the molecule is CC(C)(C)CCC(=O)N[C@@H](CSCC(C)(C)C)C(=O)O. The fraction of sp³-hybridized carbons (Fsp3) is 0.867. The van der Waals surface area contributed by atoms with Crippen LogP contribution in [0.2, 0.25) is 0 Å². The number of nitrogens with one attached hydrogen (secondary N) is 1. The van der Waals surface area contributed by atoms with Crippen molar-refractivity contribution >= 4 is 23.6 Å². The molecule has 1 amide bonds. The fourth-order valence-corrected chi connectivity index (χ4v) is 2.60. The second-order valence-electron chi connectivity index (χ2n) is 7.59. The molecule has 0 rings (SSSR count). The molecule has 0 unspecified atom stereocenters. The first-order valence-corrected chi connectivity index (χ1v) is 8.16. The summed E-state index contributed by atoms with van der Waals surface area (Å²) in [4.78, 5) is 22.9. The van der Waals surface area contributed by atoms with E-state index in [1.54, 1.807) is 11.8 Å². The molecule has 2 N–H and O–H groups in total. The third-order valence-corrected chi connectivity index (χ3v) is 4.19. The van der Waals surface area contributed by atoms with E-state index in [0.29, 0.717) is 12.2 Å². The normalized spacial score (nSPS) is 13.9. The van der Waals surface area contributed by atoms with Crippen molar-refractivity contribution in [3.05, 3.63) is 0 Å². The number of rotatable bonds is 7. The van der Waals surface area contributed by atoms with Gasteiger partial charge in [-0.2, -0.15) is 11.8 Å². The van der Waals surface area contributed by atoms with Gasteiger partial charge in [-0.1, -0.05) is 41.5 Å². The van der Waals surface area contributed by atoms with Crippen molar-refractivity contribution in [1.82, 2.24) is 5.32 Å². The first-order chi connectivity index (χ1) is 8.91. The van der Waals surface area contributed by atoms with Gasteiger partial charge >= 0.3 is 5.97 Å². The Labute approximate surface area is 127 Å². The van der Waals surface area contributed by atoms with Crippen LogP contribution in [0.25, 0.3) is 0 Å². The average Bonchev–Trinajstić information content (AvgIpc) is 2.22. The van der Waals surface area contributed by atoms with Crippen molar-refractivity contribution in [3.63, 3.8) is 0 Å². The molecular weight excluding hydrogens is 274 g/mol. The Morgan fingerprint density at radius 2 is 1.65 bits per heavy atom. The predicted octanol–water partition coefficient (Wildman–Crippen LogP) is 3.16. The van der Waals surface area contributed by atoms with Gasteiger partial charge in [-0.05, 0) is 23.0 Å². The molecule has 0 aromatic carbocycles. The minimum Gasteiger partial charge on any atom is -0.480 e. The zero-order valence-corrected chi connectivity index (χ0v) is 14.4. The highest BCUT2D eigenvalue weighted by atomic mass is 32.2. The molecule has 5 heteroatoms. The summed E-state index contributed by atoms with van der Waals surface area (Å²) in [6.45, 7) is 12.5. The summed E-state index contributed by atoms with van der Waals surface area (Å²) in [7, 11) is 0. The molecule has 0 aliphatic rings. The summed E-state index contributed by atoms with van der Waals surface area (Å²) in [6.07, 6.45) is 1.12. The molecule has 0 radical (unpaired) electrons. The molecule has 0 bridgehead atoms. The largest absolute Gasteiger partial charge is 0.480 e. The van der Waals surface area contributed by atoms with E-state index in [1.165, 1.54) is 0 Å². The first kappa shape index (κ1) is 19.3. The van der Waals surface area contributed by atoms with Crippen molar-refractivity contribution in [2.45, 2.75) is 60.4 Å². The zero-order valence-electron chi connectivity index (χ0n) is 13.6. The van der Waals surface area contributed by atoms with Gasteiger partial charge < -0.3 is 10.4 Å². The van der Waals surface area contributed by atoms with Gasteiger partial charge in [-0.3, -0.25) is 4.79 Å². The topological polar surface area (TPSA) is 66.4 Å². The number of thioether (sulfide) groups is 1. The summed E-state index contributed by atoms with van der Waals surface area (Å²) in [5.74, 6) is 0.141. The van der Waals surface area contributed by atoms with Crippen LogP contribution in [-0.4, -0.2) is 34.5 Å². The highest BCUT2D eigenvalue weighted by Crippen LogP contribution is 2.22. The van der Waals surface area contributed by atoms with E-state index in [0.717, 1.165) is 12.2 Å². The summed E-state index contributed by atoms with van der Waals surface area (Å²) in [5.41, 5.74) is 0.237. The van der Waals surface area contributed by atoms with Crippen LogP contribution in [0.1, 0.15) is 54.4 Å². The number of amides is 1. The van der Waals surface area contributed by atoms with E-state index in [1.807, 2.05) is 0 Å². The number of carboxylic acid groups (broad SMARTS) is 1. The minimum absolute atomic E-state index is 0.0804. The van der Waals surface area contributed by atoms with Crippen LogP contribution in [0, 0.1) is 10.8 Å². The number of carboxylic acids is 1. The van der Waals surface area contributed by atoms with Gasteiger partial charge in [0, 0.05) is 12.2 Å². The van der Waals surface area contributed by atoms with E-state index in [4.69, 9.17) is 5.11 Å². The van der Waals surface area contributed by atoms with Crippen LogP contribution < -0.4 is 5.32 Å². The van der Waals surface area contributed by atoms with Crippen LogP contribution in [0.3, 0.4) is 0 Å². The Bertz CT molecular complexity index is 329. The highest BCUT2D eigenvalue weighted by molar-refractivity contribution is 7.99. The molecule has 0 saturated heterocycles. The van der Waals surface area contributed by atoms with Gasteiger partial charge in [0.05, 0.1) is 0 Å². The summed E-state index contributed by atoms with van der Waals surface area (Å²) in [6, 6.07) is -0.796. The van der Waals surface area contributed by atoms with Gasteiger partial charge in [0.2, 0.25) is 5.91 Å². The maximum Gasteiger partial charge on any atom is 0.327 e. The molecule has 1 atom stereocenters. The first-order valence-electron chi connectivity index (χ1n) is 7.01. The quantitative estimate of drug-likeness (QED) is 0.758. The molecule has 20 heavy (non-hydrogen) atoms. The lowest BCUT2D eigenvalue weighted by Crippen LogP contribution is -2.43. The van der Waals surface area contributed by atoms with Crippen LogP contribution in [0.15, 0.2) is 0 Å². The smallest absolute Gasteiger partial charge is 0.327 e. The van der Waals surface area contributed by atoms with E-state index in [2.05, 4.69) is 46.9 Å². The minimum atomic E-state index is -0.962. The van der Waals surface area contributed by atoms with E-state index in [9.17, 15) is 9.59 Å². The molecule has 4 nitrogen and oxygen atoms in total. The van der Waals surface area contributed by atoms with Gasteiger partial charge in [0.1, 0.15) is 6.04 Å². The number of carbonyl (C=O) groups is 2. The van der Waals surface area contributed by atoms with Crippen LogP contribution >= 0.6 is 11.8 Å². The molecular formula is C15H29NO3S.